The Hall–Kier alpha value is -5.77. The summed E-state index contributed by atoms with van der Waals surface area (Å²) in [6.07, 6.45) is 20.8. The lowest BCUT2D eigenvalue weighted by Gasteiger charge is -2.06. The number of hydrogen-bond acceptors (Lipinski definition) is 4. The van der Waals surface area contributed by atoms with Crippen molar-refractivity contribution >= 4 is 69.4 Å². The van der Waals surface area contributed by atoms with Gasteiger partial charge in [0, 0.05) is 80.7 Å². The number of pyridine rings is 3. The number of aryl methyl sites for hydroxylation is 3. The lowest BCUT2D eigenvalue weighted by Crippen LogP contribution is -3.00. The zero-order chi connectivity index (χ0) is 36.8. The number of aromatic amines is 2. The van der Waals surface area contributed by atoms with Gasteiger partial charge in [0.2, 0.25) is 0 Å². The van der Waals surface area contributed by atoms with Gasteiger partial charge in [-0.15, -0.1) is 0 Å². The number of benzene rings is 1. The molecule has 2 N–H and O–H groups in total. The fourth-order valence-corrected chi connectivity index (χ4v) is 7.28. The van der Waals surface area contributed by atoms with Crippen LogP contribution in [-0.2, 0) is 21.1 Å². The van der Waals surface area contributed by atoms with E-state index in [1.807, 2.05) is 47.0 Å². The van der Waals surface area contributed by atoms with E-state index < -0.39 is 0 Å². The highest BCUT2D eigenvalue weighted by Gasteiger charge is 2.20. The van der Waals surface area contributed by atoms with Crippen LogP contribution in [0, 0.1) is 0 Å². The third-order valence-electron chi connectivity index (χ3n) is 9.89. The molecular weight excluding hydrogens is 826 g/mol. The van der Waals surface area contributed by atoms with Gasteiger partial charge < -0.3 is 59.6 Å². The average molecular weight is 862 g/mol. The number of H-pyrrole nitrogens is 2. The fourth-order valence-electron chi connectivity index (χ4n) is 7.18. The zero-order valence-corrected chi connectivity index (χ0v) is 35.3. The number of halogens is 4. The number of isothiocyanates is 1. The van der Waals surface area contributed by atoms with Gasteiger partial charge in [-0.1, -0.05) is 12.1 Å². The Labute approximate surface area is 366 Å². The Kier molecular flexibility index (Phi) is 13.6. The molecule has 2 aliphatic heterocycles. The smallest absolute Gasteiger partial charge is 0.169 e. The summed E-state index contributed by atoms with van der Waals surface area (Å²) in [5.74, 6) is 0. The van der Waals surface area contributed by atoms with Crippen molar-refractivity contribution < 1.29 is 63.3 Å². The Morgan fingerprint density at radius 1 is 0.431 bits per heavy atom. The van der Waals surface area contributed by atoms with Gasteiger partial charge in [-0.3, -0.25) is 0 Å². The predicted molar refractivity (Wildman–Crippen MR) is 219 cm³/mol. The molecule has 0 unspecified atom stereocenters. The first-order chi connectivity index (χ1) is 26.4. The molecule has 0 amide bonds. The van der Waals surface area contributed by atoms with Crippen molar-refractivity contribution in [1.29, 1.82) is 0 Å². The molecule has 0 saturated heterocycles. The molecule has 8 heterocycles. The maximum atomic E-state index is 5.38. The van der Waals surface area contributed by atoms with Gasteiger partial charge >= 0.3 is 0 Å². The molecule has 0 spiro atoms. The van der Waals surface area contributed by atoms with Gasteiger partial charge in [0.25, 0.3) is 0 Å². The van der Waals surface area contributed by atoms with E-state index >= 15 is 0 Å². The first-order valence-corrected chi connectivity index (χ1v) is 18.0. The van der Waals surface area contributed by atoms with Crippen molar-refractivity contribution in [1.82, 2.24) is 19.9 Å². The highest BCUT2D eigenvalue weighted by molar-refractivity contribution is 7.78. The third-order valence-corrected chi connectivity index (χ3v) is 9.98. The SMILES string of the molecule is C[n+]1ccc(-c2c3nc(c(-c4cc[n+](C)cc4)c4ccc([nH]4)c(-c4ccc(N=C=S)cc4)c4ccc([nH]4)c(-c4cc[n+](C)cc4)c4nc2C=C4)C=C3)cc1.[Cl-].[Cl-].[Cl-].[Cl-]. The minimum atomic E-state index is 0. The highest BCUT2D eigenvalue weighted by Crippen LogP contribution is 2.38. The lowest BCUT2D eigenvalue weighted by molar-refractivity contribution is -0.671. The van der Waals surface area contributed by atoms with Gasteiger partial charge in [0.1, 0.15) is 21.1 Å². The quantitative estimate of drug-likeness (QED) is 0.108. The van der Waals surface area contributed by atoms with Crippen molar-refractivity contribution in [2.45, 2.75) is 0 Å². The summed E-state index contributed by atoms with van der Waals surface area (Å²) >= 11 is 4.88. The summed E-state index contributed by atoms with van der Waals surface area (Å²) in [5.41, 5.74) is 16.1. The molecule has 0 atom stereocenters. The van der Waals surface area contributed by atoms with Crippen LogP contribution in [0.25, 0.3) is 90.9 Å². The van der Waals surface area contributed by atoms with Crippen LogP contribution in [0.4, 0.5) is 5.69 Å². The van der Waals surface area contributed by atoms with Crippen molar-refractivity contribution in [3.8, 4) is 44.5 Å². The van der Waals surface area contributed by atoms with Crippen molar-refractivity contribution in [3.63, 3.8) is 0 Å². The van der Waals surface area contributed by atoms with E-state index in [1.54, 1.807) is 0 Å². The van der Waals surface area contributed by atoms with Gasteiger partial charge in [0.15, 0.2) is 37.2 Å². The van der Waals surface area contributed by atoms with Gasteiger partial charge in [0.05, 0.1) is 33.6 Å². The Morgan fingerprint density at radius 2 is 0.741 bits per heavy atom. The van der Waals surface area contributed by atoms with Crippen LogP contribution in [0.1, 0.15) is 22.8 Å². The molecule has 1 aromatic carbocycles. The molecule has 0 aliphatic carbocycles. The van der Waals surface area contributed by atoms with Crippen LogP contribution in [-0.4, -0.2) is 25.1 Å². The van der Waals surface area contributed by atoms with Crippen LogP contribution < -0.4 is 63.3 Å². The molecule has 7 aromatic rings. The topological polar surface area (TPSA) is 81.4 Å². The fraction of sp³-hybridized carbons (Fsp3) is 0.0667. The number of nitrogens with zero attached hydrogens (tertiary/aromatic N) is 6. The third kappa shape index (κ3) is 8.28. The summed E-state index contributed by atoms with van der Waals surface area (Å²) < 4.78 is 6.11. The largest absolute Gasteiger partial charge is 1.00 e. The molecule has 2 aliphatic rings. The van der Waals surface area contributed by atoms with Gasteiger partial charge in [-0.05, 0) is 95.2 Å². The standard InChI is InChI=1S/C45H34N8S.4ClH/c1-51-22-16-30(17-23-51)43-36-10-8-34(47-36)42(29-4-6-33(7-5-29)46-28-54)35-9-11-37(48-35)44(31-18-24-52(2)25-19-31)39-13-15-41(50-39)45(40-14-12-38(43)49-40)32-20-26-53(3)27-21-32;;;;/h4-27H,1-3H3,(H,47,48,49,50);4*1H/q+2;;;;/p-3. The van der Waals surface area contributed by atoms with E-state index in [9.17, 15) is 0 Å². The first kappa shape index (κ1) is 43.4. The molecular formula is C45H35Cl4N8S-. The van der Waals surface area contributed by atoms with Crippen LogP contribution in [0.5, 0.6) is 0 Å². The number of fused-ring (bicyclic) bond motifs is 8. The first-order valence-electron chi connectivity index (χ1n) is 17.6. The van der Waals surface area contributed by atoms with Crippen molar-refractivity contribution in [2.24, 2.45) is 26.1 Å². The second-order valence-corrected chi connectivity index (χ2v) is 13.7. The molecule has 8 bridgehead atoms. The van der Waals surface area contributed by atoms with E-state index in [0.29, 0.717) is 0 Å². The Bertz CT molecular complexity index is 2750. The molecule has 9 rings (SSSR count). The van der Waals surface area contributed by atoms with Gasteiger partial charge in [-0.25, -0.2) is 23.7 Å². The van der Waals surface area contributed by atoms with Crippen LogP contribution >= 0.6 is 12.2 Å². The van der Waals surface area contributed by atoms with Crippen LogP contribution in [0.2, 0.25) is 0 Å². The normalized spacial score (nSPS) is 11.0. The molecule has 13 heteroatoms. The summed E-state index contributed by atoms with van der Waals surface area (Å²) in [7, 11) is 6.07. The number of thiocarbonyl (C=S) groups is 1. The summed E-state index contributed by atoms with van der Waals surface area (Å²) in [6, 6.07) is 29.4. The average Bonchev–Trinajstić information content (AvgIpc) is 4.02. The van der Waals surface area contributed by atoms with E-state index in [4.69, 9.17) is 22.2 Å². The number of aliphatic imine (C=N–C) groups is 1. The van der Waals surface area contributed by atoms with Crippen molar-refractivity contribution in [3.05, 3.63) is 145 Å². The monoisotopic (exact) mass is 859 g/mol. The predicted octanol–water partition coefficient (Wildman–Crippen LogP) is -3.45. The van der Waals surface area contributed by atoms with Gasteiger partial charge in [-0.2, -0.15) is 4.99 Å². The lowest BCUT2D eigenvalue weighted by atomic mass is 10.0. The molecule has 6 aromatic heterocycles. The number of nitrogens with one attached hydrogen (secondary N) is 2. The summed E-state index contributed by atoms with van der Waals surface area (Å²) in [6.45, 7) is 0. The van der Waals surface area contributed by atoms with Crippen molar-refractivity contribution in [2.75, 3.05) is 0 Å². The number of aromatic nitrogens is 7. The molecule has 0 radical (unpaired) electrons. The van der Waals surface area contributed by atoms with E-state index in [-0.39, 0.29) is 49.6 Å². The Morgan fingerprint density at radius 3 is 1.10 bits per heavy atom. The summed E-state index contributed by atoms with van der Waals surface area (Å²) in [4.78, 5) is 22.6. The maximum absolute atomic E-state index is 5.38. The second-order valence-electron chi connectivity index (χ2n) is 13.5. The molecule has 0 saturated carbocycles. The van der Waals surface area contributed by atoms with E-state index in [1.165, 1.54) is 0 Å². The molecule has 290 valence electrons. The highest BCUT2D eigenvalue weighted by atomic mass is 35.5. The van der Waals surface area contributed by atoms with E-state index in [0.717, 1.165) is 95.0 Å². The Balaban J connectivity index is 0.00000160. The number of hydrogen-bond donors (Lipinski definition) is 2. The molecule has 8 nitrogen and oxygen atoms in total. The van der Waals surface area contributed by atoms with E-state index in [2.05, 4.69) is 154 Å². The maximum Gasteiger partial charge on any atom is 0.169 e. The summed E-state index contributed by atoms with van der Waals surface area (Å²) in [5, 5.41) is 2.48. The second kappa shape index (κ2) is 18.2. The van der Waals surface area contributed by atoms with Crippen LogP contribution in [0.15, 0.2) is 127 Å². The zero-order valence-electron chi connectivity index (χ0n) is 31.5. The van der Waals surface area contributed by atoms with Crippen LogP contribution in [0.3, 0.4) is 0 Å². The molecule has 58 heavy (non-hydrogen) atoms. The minimum absolute atomic E-state index is 0. The molecule has 0 fully saturated rings. The minimum Gasteiger partial charge on any atom is -1.00 e. The number of rotatable bonds is 5.